The van der Waals surface area contributed by atoms with Crippen LogP contribution in [0.15, 0.2) is 16.9 Å². The Morgan fingerprint density at radius 2 is 1.86 bits per heavy atom. The predicted molar refractivity (Wildman–Crippen MR) is 78.4 cm³/mol. The minimum Gasteiger partial charge on any atom is -0.496 e. The second-order valence-electron chi connectivity index (χ2n) is 4.67. The molecule has 0 bridgehead atoms. The van der Waals surface area contributed by atoms with Crippen LogP contribution in [0.1, 0.15) is 17.7 Å². The van der Waals surface area contributed by atoms with Crippen molar-refractivity contribution in [1.29, 1.82) is 0 Å². The van der Waals surface area contributed by atoms with E-state index in [0.717, 1.165) is 0 Å². The van der Waals surface area contributed by atoms with Gasteiger partial charge in [0.1, 0.15) is 11.5 Å². The maximum absolute atomic E-state index is 12.7. The van der Waals surface area contributed by atoms with Gasteiger partial charge in [-0.3, -0.25) is 9.59 Å². The number of carboxylic acids is 1. The van der Waals surface area contributed by atoms with Crippen molar-refractivity contribution in [2.75, 3.05) is 14.2 Å². The molecule has 0 aliphatic rings. The van der Waals surface area contributed by atoms with E-state index in [2.05, 4.69) is 4.98 Å². The van der Waals surface area contributed by atoms with E-state index < -0.39 is 5.97 Å². The Kier molecular flexibility index (Phi) is 4.16. The number of H-pyrrole nitrogens is 1. The van der Waals surface area contributed by atoms with Crippen LogP contribution in [0.4, 0.5) is 0 Å². The number of ether oxygens (including phenoxy) is 2. The number of aromatic amines is 1. The lowest BCUT2D eigenvalue weighted by Gasteiger charge is -2.12. The third-order valence-corrected chi connectivity index (χ3v) is 3.42. The normalized spacial score (nSPS) is 10.6. The van der Waals surface area contributed by atoms with Gasteiger partial charge in [0.05, 0.1) is 25.1 Å². The maximum Gasteiger partial charge on any atom is 0.303 e. The molecule has 2 rings (SSSR count). The number of fused-ring (bicyclic) bond motifs is 1. The van der Waals surface area contributed by atoms with Crippen LogP contribution in [-0.4, -0.2) is 30.3 Å². The van der Waals surface area contributed by atoms with Crippen molar-refractivity contribution in [1.82, 2.24) is 4.98 Å². The van der Waals surface area contributed by atoms with Gasteiger partial charge in [0.15, 0.2) is 5.43 Å². The number of carboxylic acid groups (broad SMARTS) is 1. The first kappa shape index (κ1) is 14.9. The number of pyridine rings is 1. The Hall–Kier alpha value is -2.50. The molecule has 0 aliphatic heterocycles. The summed E-state index contributed by atoms with van der Waals surface area (Å²) in [6, 6.07) is 3.38. The van der Waals surface area contributed by atoms with Crippen LogP contribution < -0.4 is 14.9 Å². The van der Waals surface area contributed by atoms with Gasteiger partial charge in [0.25, 0.3) is 0 Å². The van der Waals surface area contributed by atoms with Crippen LogP contribution in [-0.2, 0) is 11.2 Å². The summed E-state index contributed by atoms with van der Waals surface area (Å²) in [6.45, 7) is 1.75. The van der Waals surface area contributed by atoms with Gasteiger partial charge in [0, 0.05) is 17.7 Å². The topological polar surface area (TPSA) is 88.6 Å². The summed E-state index contributed by atoms with van der Waals surface area (Å²) in [5, 5.41) is 9.17. The Labute approximate surface area is 121 Å². The van der Waals surface area contributed by atoms with Crippen LogP contribution >= 0.6 is 0 Å². The maximum atomic E-state index is 12.7. The fraction of sp³-hybridized carbons (Fsp3) is 0.333. The van der Waals surface area contributed by atoms with E-state index in [1.54, 1.807) is 19.1 Å². The first-order valence-corrected chi connectivity index (χ1v) is 6.47. The molecule has 0 saturated carbocycles. The molecule has 0 radical (unpaired) electrons. The summed E-state index contributed by atoms with van der Waals surface area (Å²) < 4.78 is 10.5. The van der Waals surface area contributed by atoms with Crippen molar-refractivity contribution in [3.63, 3.8) is 0 Å². The molecule has 2 N–H and O–H groups in total. The van der Waals surface area contributed by atoms with Crippen LogP contribution in [0.3, 0.4) is 0 Å². The highest BCUT2D eigenvalue weighted by atomic mass is 16.5. The number of hydrogen-bond donors (Lipinski definition) is 2. The van der Waals surface area contributed by atoms with Crippen molar-refractivity contribution in [2.24, 2.45) is 0 Å². The van der Waals surface area contributed by atoms with Crippen molar-refractivity contribution in [3.05, 3.63) is 33.6 Å². The summed E-state index contributed by atoms with van der Waals surface area (Å²) in [7, 11) is 3.00. The van der Waals surface area contributed by atoms with E-state index in [4.69, 9.17) is 14.6 Å². The van der Waals surface area contributed by atoms with Crippen molar-refractivity contribution in [3.8, 4) is 11.5 Å². The Morgan fingerprint density at radius 3 is 2.43 bits per heavy atom. The minimum absolute atomic E-state index is 0.0955. The van der Waals surface area contributed by atoms with Crippen LogP contribution in [0.25, 0.3) is 10.9 Å². The third kappa shape index (κ3) is 2.69. The second-order valence-corrected chi connectivity index (χ2v) is 4.67. The highest BCUT2D eigenvalue weighted by molar-refractivity contribution is 5.90. The van der Waals surface area contributed by atoms with Gasteiger partial charge in [-0.15, -0.1) is 0 Å². The van der Waals surface area contributed by atoms with Crippen molar-refractivity contribution >= 4 is 16.9 Å². The molecule has 2 aromatic rings. The van der Waals surface area contributed by atoms with Gasteiger partial charge < -0.3 is 19.6 Å². The number of carbonyl (C=O) groups is 1. The smallest absolute Gasteiger partial charge is 0.303 e. The molecule has 0 fully saturated rings. The number of benzene rings is 1. The fourth-order valence-electron chi connectivity index (χ4n) is 2.37. The molecule has 1 aromatic carbocycles. The summed E-state index contributed by atoms with van der Waals surface area (Å²) in [4.78, 5) is 26.5. The van der Waals surface area contributed by atoms with Gasteiger partial charge in [-0.05, 0) is 25.5 Å². The fourth-order valence-corrected chi connectivity index (χ4v) is 2.37. The minimum atomic E-state index is -0.938. The molecular weight excluding hydrogens is 274 g/mol. The molecule has 21 heavy (non-hydrogen) atoms. The van der Waals surface area contributed by atoms with Gasteiger partial charge in [-0.25, -0.2) is 0 Å². The second kappa shape index (κ2) is 5.87. The Morgan fingerprint density at radius 1 is 1.24 bits per heavy atom. The van der Waals surface area contributed by atoms with E-state index in [-0.39, 0.29) is 18.3 Å². The number of aliphatic carboxylic acids is 1. The molecule has 0 amide bonds. The number of methoxy groups -OCH3 is 2. The molecule has 6 nitrogen and oxygen atoms in total. The zero-order valence-corrected chi connectivity index (χ0v) is 12.1. The number of aromatic nitrogens is 1. The molecule has 0 aliphatic carbocycles. The summed E-state index contributed by atoms with van der Waals surface area (Å²) in [5.74, 6) is 0.0333. The molecule has 0 spiro atoms. The first-order chi connectivity index (χ1) is 9.99. The van der Waals surface area contributed by atoms with E-state index in [1.165, 1.54) is 14.2 Å². The standard InChI is InChI=1S/C15H17NO5/c1-8-9(4-7-12(17)18)15(19)13-10(20-2)5-6-11(21-3)14(13)16-8/h5-6H,4,7H2,1-3H3,(H,16,19)(H,17,18). The molecule has 6 heteroatoms. The van der Waals surface area contributed by atoms with Crippen LogP contribution in [0, 0.1) is 6.92 Å². The molecule has 0 unspecified atom stereocenters. The highest BCUT2D eigenvalue weighted by Gasteiger charge is 2.16. The van der Waals surface area contributed by atoms with Crippen LogP contribution in [0.2, 0.25) is 0 Å². The Bertz CT molecular complexity index is 748. The number of rotatable bonds is 5. The van der Waals surface area contributed by atoms with Gasteiger partial charge in [0.2, 0.25) is 0 Å². The predicted octanol–water partition coefficient (Wildman–Crippen LogP) is 1.87. The molecule has 1 heterocycles. The first-order valence-electron chi connectivity index (χ1n) is 6.47. The van der Waals surface area contributed by atoms with E-state index in [0.29, 0.717) is 33.7 Å². The molecule has 0 atom stereocenters. The molecule has 112 valence electrons. The monoisotopic (exact) mass is 291 g/mol. The SMILES string of the molecule is COc1ccc(OC)c2c(=O)c(CCC(=O)O)c(C)[nH]c12. The van der Waals surface area contributed by atoms with Gasteiger partial charge in [-0.1, -0.05) is 0 Å². The molecule has 0 saturated heterocycles. The number of hydrogen-bond acceptors (Lipinski definition) is 4. The highest BCUT2D eigenvalue weighted by Crippen LogP contribution is 2.30. The summed E-state index contributed by atoms with van der Waals surface area (Å²) in [5.41, 5.74) is 1.42. The summed E-state index contributed by atoms with van der Waals surface area (Å²) in [6.07, 6.45) is 0.0779. The van der Waals surface area contributed by atoms with Crippen molar-refractivity contribution in [2.45, 2.75) is 19.8 Å². The van der Waals surface area contributed by atoms with E-state index >= 15 is 0 Å². The Balaban J connectivity index is 2.74. The lowest BCUT2D eigenvalue weighted by atomic mass is 10.0. The van der Waals surface area contributed by atoms with E-state index in [1.807, 2.05) is 0 Å². The average Bonchev–Trinajstić information content (AvgIpc) is 2.45. The largest absolute Gasteiger partial charge is 0.496 e. The van der Waals surface area contributed by atoms with Crippen molar-refractivity contribution < 1.29 is 19.4 Å². The number of nitrogens with one attached hydrogen (secondary N) is 1. The quantitative estimate of drug-likeness (QED) is 0.878. The third-order valence-electron chi connectivity index (χ3n) is 3.42. The zero-order valence-electron chi connectivity index (χ0n) is 12.1. The van der Waals surface area contributed by atoms with Gasteiger partial charge in [-0.2, -0.15) is 0 Å². The average molecular weight is 291 g/mol. The summed E-state index contributed by atoms with van der Waals surface area (Å²) >= 11 is 0. The number of aryl methyl sites for hydroxylation is 1. The lowest BCUT2D eigenvalue weighted by molar-refractivity contribution is -0.136. The van der Waals surface area contributed by atoms with Gasteiger partial charge >= 0.3 is 5.97 Å². The van der Waals surface area contributed by atoms with E-state index in [9.17, 15) is 9.59 Å². The molecule has 1 aromatic heterocycles. The lowest BCUT2D eigenvalue weighted by Crippen LogP contribution is -2.16. The molecular formula is C15H17NO5. The zero-order chi connectivity index (χ0) is 15.6. The van der Waals surface area contributed by atoms with Crippen LogP contribution in [0.5, 0.6) is 11.5 Å².